The lowest BCUT2D eigenvalue weighted by Crippen LogP contribution is -2.24. The highest BCUT2D eigenvalue weighted by Crippen LogP contribution is 2.25. The van der Waals surface area contributed by atoms with Gasteiger partial charge in [-0.2, -0.15) is 5.10 Å². The first-order chi connectivity index (χ1) is 15.4. The van der Waals surface area contributed by atoms with Gasteiger partial charge in [0.1, 0.15) is 17.9 Å². The van der Waals surface area contributed by atoms with Crippen molar-refractivity contribution >= 4 is 45.6 Å². The van der Waals surface area contributed by atoms with Gasteiger partial charge < -0.3 is 19.5 Å². The van der Waals surface area contributed by atoms with Gasteiger partial charge in [-0.3, -0.25) is 9.59 Å². The number of benzene rings is 2. The molecule has 10 heteroatoms. The Hall–Kier alpha value is -3.40. The van der Waals surface area contributed by atoms with Crippen molar-refractivity contribution in [1.82, 2.24) is 5.43 Å². The fraction of sp³-hybridized carbons (Fsp3) is 0.273. The molecule has 0 aliphatic rings. The Morgan fingerprint density at radius 3 is 2.41 bits per heavy atom. The number of esters is 1. The van der Waals surface area contributed by atoms with Crippen LogP contribution >= 0.6 is 15.9 Å². The lowest BCUT2D eigenvalue weighted by Gasteiger charge is -2.08. The van der Waals surface area contributed by atoms with Gasteiger partial charge in [0.25, 0.3) is 0 Å². The standard InChI is InChI=1S/C22H24BrN3O6/c1-3-30-17-8-6-16(7-9-17)25-20(27)12-21(28)26-24-13-15-5-10-19(18(23)11-15)32-14-22(29)31-4-2/h5-11,13H,3-4,12,14H2,1-2H3,(H,25,27)(H,26,28). The van der Waals surface area contributed by atoms with Gasteiger partial charge >= 0.3 is 5.97 Å². The predicted molar refractivity (Wildman–Crippen MR) is 123 cm³/mol. The number of halogens is 1. The highest BCUT2D eigenvalue weighted by Gasteiger charge is 2.10. The molecule has 0 atom stereocenters. The van der Waals surface area contributed by atoms with Crippen LogP contribution in [0.1, 0.15) is 25.8 Å². The number of nitrogens with zero attached hydrogens (tertiary/aromatic N) is 1. The molecular formula is C22H24BrN3O6. The number of carbonyl (C=O) groups excluding carboxylic acids is 3. The number of amides is 2. The zero-order chi connectivity index (χ0) is 23.3. The minimum Gasteiger partial charge on any atom is -0.494 e. The highest BCUT2D eigenvalue weighted by atomic mass is 79.9. The van der Waals surface area contributed by atoms with Crippen LogP contribution in [0.25, 0.3) is 0 Å². The van der Waals surface area contributed by atoms with E-state index >= 15 is 0 Å². The number of ether oxygens (including phenoxy) is 3. The third-order valence-corrected chi connectivity index (χ3v) is 4.40. The molecule has 0 bridgehead atoms. The summed E-state index contributed by atoms with van der Waals surface area (Å²) in [5.41, 5.74) is 3.53. The maximum Gasteiger partial charge on any atom is 0.344 e. The Labute approximate surface area is 194 Å². The molecule has 0 saturated heterocycles. The van der Waals surface area contributed by atoms with Crippen LogP contribution in [0.3, 0.4) is 0 Å². The predicted octanol–water partition coefficient (Wildman–Crippen LogP) is 3.27. The SMILES string of the molecule is CCOC(=O)COc1ccc(C=NNC(=O)CC(=O)Nc2ccc(OCC)cc2)cc1Br. The summed E-state index contributed by atoms with van der Waals surface area (Å²) in [4.78, 5) is 35.3. The molecule has 0 saturated carbocycles. The van der Waals surface area contributed by atoms with Gasteiger partial charge in [-0.25, -0.2) is 10.2 Å². The number of hydrogen-bond acceptors (Lipinski definition) is 7. The summed E-state index contributed by atoms with van der Waals surface area (Å²) in [5, 5.41) is 6.48. The van der Waals surface area contributed by atoms with Crippen LogP contribution in [-0.2, 0) is 19.1 Å². The van der Waals surface area contributed by atoms with Crippen molar-refractivity contribution in [1.29, 1.82) is 0 Å². The van der Waals surface area contributed by atoms with Crippen molar-refractivity contribution in [2.24, 2.45) is 5.10 Å². The van der Waals surface area contributed by atoms with Crippen LogP contribution in [-0.4, -0.2) is 43.8 Å². The number of hydrazone groups is 1. The van der Waals surface area contributed by atoms with Gasteiger partial charge in [-0.05, 0) is 77.8 Å². The molecule has 0 aliphatic heterocycles. The fourth-order valence-corrected chi connectivity index (χ4v) is 2.94. The maximum absolute atomic E-state index is 12.0. The third-order valence-electron chi connectivity index (χ3n) is 3.78. The first-order valence-electron chi connectivity index (χ1n) is 9.83. The Kier molecular flexibility index (Phi) is 10.2. The molecule has 2 amide bonds. The summed E-state index contributed by atoms with van der Waals surface area (Å²) in [6.45, 7) is 4.24. The molecular weight excluding hydrogens is 482 g/mol. The van der Waals surface area contributed by atoms with Gasteiger partial charge in [-0.15, -0.1) is 0 Å². The van der Waals surface area contributed by atoms with Crippen LogP contribution < -0.4 is 20.2 Å². The molecule has 0 unspecified atom stereocenters. The molecule has 2 aromatic carbocycles. The monoisotopic (exact) mass is 505 g/mol. The van der Waals surface area contributed by atoms with E-state index < -0.39 is 17.8 Å². The zero-order valence-electron chi connectivity index (χ0n) is 17.7. The number of rotatable bonds is 11. The van der Waals surface area contributed by atoms with Crippen molar-refractivity contribution in [2.75, 3.05) is 25.1 Å². The Balaban J connectivity index is 1.79. The average molecular weight is 506 g/mol. The summed E-state index contributed by atoms with van der Waals surface area (Å²) < 4.78 is 16.1. The Morgan fingerprint density at radius 1 is 1.00 bits per heavy atom. The second-order valence-electron chi connectivity index (χ2n) is 6.26. The van der Waals surface area contributed by atoms with E-state index in [1.165, 1.54) is 6.21 Å². The van der Waals surface area contributed by atoms with Crippen LogP contribution in [0, 0.1) is 0 Å². The highest BCUT2D eigenvalue weighted by molar-refractivity contribution is 9.10. The van der Waals surface area contributed by atoms with E-state index in [0.29, 0.717) is 33.8 Å². The Bertz CT molecular complexity index is 963. The van der Waals surface area contributed by atoms with Gasteiger partial charge in [0.15, 0.2) is 6.61 Å². The Morgan fingerprint density at radius 2 is 1.75 bits per heavy atom. The van der Waals surface area contributed by atoms with Gasteiger partial charge in [0.05, 0.1) is 23.9 Å². The molecule has 2 rings (SSSR count). The smallest absolute Gasteiger partial charge is 0.344 e. The quantitative estimate of drug-likeness (QED) is 0.209. The van der Waals surface area contributed by atoms with E-state index in [4.69, 9.17) is 14.2 Å². The molecule has 0 fully saturated rings. The minimum atomic E-state index is -0.557. The third kappa shape index (κ3) is 8.76. The average Bonchev–Trinajstić information content (AvgIpc) is 2.75. The van der Waals surface area contributed by atoms with Crippen LogP contribution in [0.4, 0.5) is 5.69 Å². The molecule has 170 valence electrons. The zero-order valence-corrected chi connectivity index (χ0v) is 19.3. The van der Waals surface area contributed by atoms with Crippen molar-refractivity contribution < 1.29 is 28.6 Å². The number of carbonyl (C=O) groups is 3. The lowest BCUT2D eigenvalue weighted by molar-refractivity contribution is -0.145. The van der Waals surface area contributed by atoms with E-state index in [0.717, 1.165) is 0 Å². The summed E-state index contributed by atoms with van der Waals surface area (Å²) in [6.07, 6.45) is 1.04. The van der Waals surface area contributed by atoms with Crippen LogP contribution in [0.5, 0.6) is 11.5 Å². The summed E-state index contributed by atoms with van der Waals surface area (Å²) in [7, 11) is 0. The number of hydrogen-bond donors (Lipinski definition) is 2. The van der Waals surface area contributed by atoms with Gasteiger partial charge in [0, 0.05) is 5.69 Å². The molecule has 0 radical (unpaired) electrons. The van der Waals surface area contributed by atoms with Gasteiger partial charge in [0.2, 0.25) is 11.8 Å². The van der Waals surface area contributed by atoms with E-state index in [-0.39, 0.29) is 19.6 Å². The molecule has 32 heavy (non-hydrogen) atoms. The molecule has 9 nitrogen and oxygen atoms in total. The summed E-state index contributed by atoms with van der Waals surface area (Å²) >= 11 is 3.35. The summed E-state index contributed by atoms with van der Waals surface area (Å²) in [6, 6.07) is 11.9. The number of anilines is 1. The van der Waals surface area contributed by atoms with Crippen molar-refractivity contribution in [3.63, 3.8) is 0 Å². The molecule has 2 aromatic rings. The van der Waals surface area contributed by atoms with Crippen molar-refractivity contribution in [2.45, 2.75) is 20.3 Å². The molecule has 2 N–H and O–H groups in total. The van der Waals surface area contributed by atoms with Crippen LogP contribution in [0.2, 0.25) is 0 Å². The van der Waals surface area contributed by atoms with Crippen molar-refractivity contribution in [3.8, 4) is 11.5 Å². The number of nitrogens with one attached hydrogen (secondary N) is 2. The van der Waals surface area contributed by atoms with E-state index in [1.807, 2.05) is 6.92 Å². The molecule has 0 aromatic heterocycles. The van der Waals surface area contributed by atoms with E-state index in [1.54, 1.807) is 49.4 Å². The van der Waals surface area contributed by atoms with Crippen molar-refractivity contribution in [3.05, 3.63) is 52.5 Å². The largest absolute Gasteiger partial charge is 0.494 e. The first-order valence-corrected chi connectivity index (χ1v) is 10.6. The second-order valence-corrected chi connectivity index (χ2v) is 7.11. The minimum absolute atomic E-state index is 0.200. The van der Waals surface area contributed by atoms with Gasteiger partial charge in [-0.1, -0.05) is 0 Å². The first kappa shape index (κ1) is 24.9. The molecule has 0 aliphatic carbocycles. The molecule has 0 spiro atoms. The van der Waals surface area contributed by atoms with E-state index in [9.17, 15) is 14.4 Å². The normalized spacial score (nSPS) is 10.5. The maximum atomic E-state index is 12.0. The summed E-state index contributed by atoms with van der Waals surface area (Å²) in [5.74, 6) is -0.321. The lowest BCUT2D eigenvalue weighted by atomic mass is 10.2. The molecule has 0 heterocycles. The van der Waals surface area contributed by atoms with E-state index in [2.05, 4.69) is 31.8 Å². The second kappa shape index (κ2) is 13.1. The topological polar surface area (TPSA) is 115 Å². The van der Waals surface area contributed by atoms with Crippen LogP contribution in [0.15, 0.2) is 52.0 Å². The fourth-order valence-electron chi connectivity index (χ4n) is 2.42.